The number of aromatic nitrogens is 1. The monoisotopic (exact) mass is 490 g/mol. The van der Waals surface area contributed by atoms with E-state index in [0.29, 0.717) is 16.5 Å². The van der Waals surface area contributed by atoms with Crippen LogP contribution in [0.15, 0.2) is 52.4 Å². The lowest BCUT2D eigenvalue weighted by molar-refractivity contribution is -0.141. The van der Waals surface area contributed by atoms with Crippen molar-refractivity contribution in [1.82, 2.24) is 4.57 Å². The van der Waals surface area contributed by atoms with Crippen LogP contribution >= 0.6 is 11.3 Å². The van der Waals surface area contributed by atoms with E-state index in [9.17, 15) is 18.0 Å². The molecule has 0 aliphatic carbocycles. The van der Waals surface area contributed by atoms with Gasteiger partial charge in [0, 0.05) is 6.42 Å². The topological polar surface area (TPSA) is 104 Å². The molecule has 2 aromatic carbocycles. The maximum absolute atomic E-state index is 12.6. The van der Waals surface area contributed by atoms with E-state index in [-0.39, 0.29) is 23.6 Å². The minimum absolute atomic E-state index is 0.103. The average molecular weight is 491 g/mol. The molecule has 0 fully saturated rings. The summed E-state index contributed by atoms with van der Waals surface area (Å²) >= 11 is 1.27. The Hall–Kier alpha value is -2.98. The van der Waals surface area contributed by atoms with Crippen LogP contribution in [-0.4, -0.2) is 44.8 Å². The quantitative estimate of drug-likeness (QED) is 0.449. The number of ether oxygens (including phenoxy) is 2. The third kappa shape index (κ3) is 5.88. The van der Waals surface area contributed by atoms with Crippen LogP contribution in [0, 0.1) is 0 Å². The third-order valence-electron chi connectivity index (χ3n) is 5.11. The number of amides is 1. The molecule has 0 saturated heterocycles. The molecular formula is C23H26N2O6S2. The molecule has 0 aliphatic heterocycles. The first-order valence-electron chi connectivity index (χ1n) is 10.3. The molecule has 0 unspecified atom stereocenters. The van der Waals surface area contributed by atoms with E-state index in [1.165, 1.54) is 37.7 Å². The molecule has 0 radical (unpaired) electrons. The van der Waals surface area contributed by atoms with E-state index in [1.807, 2.05) is 18.2 Å². The van der Waals surface area contributed by atoms with Gasteiger partial charge in [0.1, 0.15) is 12.3 Å². The van der Waals surface area contributed by atoms with Gasteiger partial charge in [0.25, 0.3) is 0 Å². The van der Waals surface area contributed by atoms with Crippen molar-refractivity contribution in [3.05, 3.63) is 52.8 Å². The molecule has 8 nitrogen and oxygen atoms in total. The number of rotatable bonds is 8. The van der Waals surface area contributed by atoms with E-state index in [0.717, 1.165) is 15.8 Å². The second kappa shape index (κ2) is 10.3. The van der Waals surface area contributed by atoms with Crippen LogP contribution in [0.5, 0.6) is 5.75 Å². The predicted octanol–water partition coefficient (Wildman–Crippen LogP) is 3.30. The molecule has 33 heavy (non-hydrogen) atoms. The summed E-state index contributed by atoms with van der Waals surface area (Å²) in [4.78, 5) is 29.1. The Morgan fingerprint density at radius 2 is 1.79 bits per heavy atom. The van der Waals surface area contributed by atoms with Crippen LogP contribution in [0.25, 0.3) is 10.2 Å². The zero-order valence-corrected chi connectivity index (χ0v) is 20.5. The lowest BCUT2D eigenvalue weighted by Gasteiger charge is -2.07. The number of benzene rings is 2. The van der Waals surface area contributed by atoms with Crippen LogP contribution in [0.2, 0.25) is 0 Å². The van der Waals surface area contributed by atoms with Crippen LogP contribution in [0.4, 0.5) is 0 Å². The molecule has 0 bridgehead atoms. The fourth-order valence-electron chi connectivity index (χ4n) is 3.17. The van der Waals surface area contributed by atoms with Gasteiger partial charge in [-0.1, -0.05) is 31.3 Å². The number of methoxy groups -OCH3 is 2. The summed E-state index contributed by atoms with van der Waals surface area (Å²) in [6.07, 6.45) is -0.280. The standard InChI is InChI=1S/C23H26N2O6S2/c1-15(2)16-5-10-19-20(13-16)32-23(25(19)14-22(27)31-4)24-21(26)11-12-33(28,29)18-8-6-17(30-3)7-9-18/h5-10,13,15H,11-12,14H2,1-4H3. The van der Waals surface area contributed by atoms with Crippen molar-refractivity contribution in [2.45, 2.75) is 37.6 Å². The number of nitrogens with zero attached hydrogens (tertiary/aromatic N) is 2. The molecule has 3 rings (SSSR count). The lowest BCUT2D eigenvalue weighted by atomic mass is 10.0. The number of esters is 1. The van der Waals surface area contributed by atoms with Gasteiger partial charge >= 0.3 is 5.97 Å². The van der Waals surface area contributed by atoms with Gasteiger partial charge in [-0.3, -0.25) is 9.59 Å². The Morgan fingerprint density at radius 3 is 2.39 bits per heavy atom. The number of sulfone groups is 1. The summed E-state index contributed by atoms with van der Waals surface area (Å²) in [6, 6.07) is 11.9. The minimum Gasteiger partial charge on any atom is -0.497 e. The zero-order valence-electron chi connectivity index (χ0n) is 18.9. The van der Waals surface area contributed by atoms with Crippen LogP contribution in [0.1, 0.15) is 31.7 Å². The Kier molecular flexibility index (Phi) is 7.70. The lowest BCUT2D eigenvalue weighted by Crippen LogP contribution is -2.22. The van der Waals surface area contributed by atoms with Crippen molar-refractivity contribution in [2.24, 2.45) is 4.99 Å². The number of carbonyl (C=O) groups excluding carboxylic acids is 2. The molecule has 0 atom stereocenters. The molecule has 1 amide bonds. The fourth-order valence-corrected chi connectivity index (χ4v) is 5.49. The van der Waals surface area contributed by atoms with E-state index in [2.05, 4.69) is 18.8 Å². The summed E-state index contributed by atoms with van der Waals surface area (Å²) < 4.78 is 37.5. The molecule has 1 aromatic heterocycles. The van der Waals surface area contributed by atoms with Crippen LogP contribution in [0.3, 0.4) is 0 Å². The number of hydrogen-bond acceptors (Lipinski definition) is 7. The van der Waals surface area contributed by atoms with Gasteiger partial charge in [-0.05, 0) is 47.9 Å². The molecule has 0 saturated carbocycles. The van der Waals surface area contributed by atoms with Gasteiger partial charge in [0.2, 0.25) is 5.91 Å². The Labute approximate surface area is 196 Å². The second-order valence-electron chi connectivity index (χ2n) is 7.68. The molecular weight excluding hydrogens is 464 g/mol. The van der Waals surface area contributed by atoms with Crippen molar-refractivity contribution in [3.63, 3.8) is 0 Å². The number of hydrogen-bond donors (Lipinski definition) is 0. The summed E-state index contributed by atoms with van der Waals surface area (Å²) in [7, 11) is -0.874. The van der Waals surface area contributed by atoms with Crippen LogP contribution < -0.4 is 9.54 Å². The first-order valence-corrected chi connectivity index (χ1v) is 12.8. The maximum Gasteiger partial charge on any atom is 0.325 e. The summed E-state index contributed by atoms with van der Waals surface area (Å²) in [5.41, 5.74) is 1.88. The van der Waals surface area contributed by atoms with Crippen molar-refractivity contribution < 1.29 is 27.5 Å². The van der Waals surface area contributed by atoms with E-state index < -0.39 is 21.7 Å². The average Bonchev–Trinajstić information content (AvgIpc) is 3.13. The fraction of sp³-hybridized carbons (Fsp3) is 0.348. The Balaban J connectivity index is 1.89. The van der Waals surface area contributed by atoms with Gasteiger partial charge in [-0.2, -0.15) is 4.99 Å². The minimum atomic E-state index is -3.66. The highest BCUT2D eigenvalue weighted by Crippen LogP contribution is 2.24. The molecule has 1 heterocycles. The highest BCUT2D eigenvalue weighted by molar-refractivity contribution is 7.91. The van der Waals surface area contributed by atoms with Gasteiger partial charge in [-0.25, -0.2) is 8.42 Å². The number of fused-ring (bicyclic) bond motifs is 1. The molecule has 3 aromatic rings. The van der Waals surface area contributed by atoms with Crippen molar-refractivity contribution >= 4 is 43.3 Å². The van der Waals surface area contributed by atoms with Crippen molar-refractivity contribution in [2.75, 3.05) is 20.0 Å². The SMILES string of the molecule is COC(=O)Cn1c(=NC(=O)CCS(=O)(=O)c2ccc(OC)cc2)sc2cc(C(C)C)ccc21. The van der Waals surface area contributed by atoms with E-state index in [1.54, 1.807) is 16.7 Å². The number of thiazole rings is 1. The highest BCUT2D eigenvalue weighted by atomic mass is 32.2. The summed E-state index contributed by atoms with van der Waals surface area (Å²) in [6.45, 7) is 4.05. The van der Waals surface area contributed by atoms with Gasteiger partial charge in [0.15, 0.2) is 14.6 Å². The molecule has 0 N–H and O–H groups in total. The third-order valence-corrected chi connectivity index (χ3v) is 7.89. The van der Waals surface area contributed by atoms with Gasteiger partial charge in [-0.15, -0.1) is 0 Å². The maximum atomic E-state index is 12.6. The second-order valence-corrected chi connectivity index (χ2v) is 10.8. The van der Waals surface area contributed by atoms with Gasteiger partial charge < -0.3 is 14.0 Å². The smallest absolute Gasteiger partial charge is 0.325 e. The van der Waals surface area contributed by atoms with Gasteiger partial charge in [0.05, 0.1) is 35.1 Å². The van der Waals surface area contributed by atoms with E-state index in [4.69, 9.17) is 9.47 Å². The molecule has 0 spiro atoms. The summed E-state index contributed by atoms with van der Waals surface area (Å²) in [5, 5.41) is 0. The normalized spacial score (nSPS) is 12.3. The molecule has 0 aliphatic rings. The van der Waals surface area contributed by atoms with Crippen molar-refractivity contribution in [1.29, 1.82) is 0 Å². The van der Waals surface area contributed by atoms with Crippen LogP contribution in [-0.2, 0) is 30.7 Å². The predicted molar refractivity (Wildman–Crippen MR) is 126 cm³/mol. The highest BCUT2D eigenvalue weighted by Gasteiger charge is 2.18. The Morgan fingerprint density at radius 1 is 1.09 bits per heavy atom. The van der Waals surface area contributed by atoms with Crippen molar-refractivity contribution in [3.8, 4) is 5.75 Å². The molecule has 176 valence electrons. The number of carbonyl (C=O) groups is 2. The summed E-state index contributed by atoms with van der Waals surface area (Å²) in [5.74, 6) is -0.572. The molecule has 10 heteroatoms. The first-order chi connectivity index (χ1) is 15.6. The first kappa shape index (κ1) is 24.7. The zero-order chi connectivity index (χ0) is 24.2. The van der Waals surface area contributed by atoms with E-state index >= 15 is 0 Å². The largest absolute Gasteiger partial charge is 0.497 e. The Bertz CT molecular complexity index is 1340.